The number of carbonyl (C=O) groups excluding carboxylic acids is 1. The highest BCUT2D eigenvalue weighted by Crippen LogP contribution is 2.34. The maximum atomic E-state index is 12.8. The average Bonchev–Trinajstić information content (AvgIpc) is 3.60. The third-order valence-electron chi connectivity index (χ3n) is 6.90. The third-order valence-corrected chi connectivity index (χ3v) is 7.80. The highest BCUT2D eigenvalue weighted by Gasteiger charge is 2.34. The minimum Gasteiger partial charge on any atom is -0.493 e. The summed E-state index contributed by atoms with van der Waals surface area (Å²) in [6.07, 6.45) is 3.84. The fourth-order valence-electron chi connectivity index (χ4n) is 4.82. The predicted octanol–water partition coefficient (Wildman–Crippen LogP) is 4.88. The standard InChI is InChI=1S/C28H26N4O3S/c33-26(23-18-36-27(31-23)20-6-8-24-19(16-20)10-15-35-24)30-22-7-9-25(29-17-22)32-13-11-28(34,12-14-32)21-4-2-1-3-5-21/h1-9,16-18,34H,10-15H2,(H,30,33). The van der Waals surface area contributed by atoms with Crippen molar-refractivity contribution in [3.8, 4) is 16.3 Å². The van der Waals surface area contributed by atoms with E-state index in [-0.39, 0.29) is 5.91 Å². The molecule has 182 valence electrons. The third kappa shape index (κ3) is 4.45. The molecule has 2 N–H and O–H groups in total. The van der Waals surface area contributed by atoms with Crippen LogP contribution in [-0.2, 0) is 12.0 Å². The van der Waals surface area contributed by atoms with Crippen LogP contribution in [0, 0.1) is 0 Å². The monoisotopic (exact) mass is 498 g/mol. The fourth-order valence-corrected chi connectivity index (χ4v) is 5.61. The first-order valence-corrected chi connectivity index (χ1v) is 13.0. The molecule has 0 saturated carbocycles. The number of hydrogen-bond donors (Lipinski definition) is 2. The predicted molar refractivity (Wildman–Crippen MR) is 141 cm³/mol. The molecule has 0 bridgehead atoms. The first-order chi connectivity index (χ1) is 17.6. The summed E-state index contributed by atoms with van der Waals surface area (Å²) >= 11 is 1.45. The minimum absolute atomic E-state index is 0.262. The van der Waals surface area contributed by atoms with Crippen molar-refractivity contribution in [2.75, 3.05) is 29.9 Å². The molecule has 0 spiro atoms. The molecule has 0 radical (unpaired) electrons. The molecule has 7 nitrogen and oxygen atoms in total. The normalized spacial score (nSPS) is 16.3. The summed E-state index contributed by atoms with van der Waals surface area (Å²) in [7, 11) is 0. The lowest BCUT2D eigenvalue weighted by atomic mass is 9.84. The number of thiazole rings is 1. The molecule has 36 heavy (non-hydrogen) atoms. The number of rotatable bonds is 5. The molecule has 4 aromatic rings. The van der Waals surface area contributed by atoms with Crippen molar-refractivity contribution < 1.29 is 14.6 Å². The second-order valence-electron chi connectivity index (χ2n) is 9.20. The molecule has 6 rings (SSSR count). The van der Waals surface area contributed by atoms with E-state index in [1.54, 1.807) is 11.6 Å². The van der Waals surface area contributed by atoms with E-state index in [2.05, 4.69) is 26.3 Å². The van der Waals surface area contributed by atoms with Gasteiger partial charge in [-0.05, 0) is 54.3 Å². The Labute approximate surface area is 213 Å². The number of nitrogens with one attached hydrogen (secondary N) is 1. The van der Waals surface area contributed by atoms with Gasteiger partial charge in [0.2, 0.25) is 0 Å². The van der Waals surface area contributed by atoms with Crippen LogP contribution in [-0.4, -0.2) is 40.7 Å². The quantitative estimate of drug-likeness (QED) is 0.408. The molecule has 1 amide bonds. The lowest BCUT2D eigenvalue weighted by Crippen LogP contribution is -2.42. The van der Waals surface area contributed by atoms with Gasteiger partial charge in [0.25, 0.3) is 5.91 Å². The number of nitrogens with zero attached hydrogens (tertiary/aromatic N) is 3. The summed E-state index contributed by atoms with van der Waals surface area (Å²) in [5.74, 6) is 1.50. The first-order valence-electron chi connectivity index (χ1n) is 12.1. The van der Waals surface area contributed by atoms with Crippen LogP contribution in [0.2, 0.25) is 0 Å². The van der Waals surface area contributed by atoms with Crippen molar-refractivity contribution in [2.24, 2.45) is 0 Å². The number of pyridine rings is 1. The largest absolute Gasteiger partial charge is 0.493 e. The molecule has 2 aromatic heterocycles. The highest BCUT2D eigenvalue weighted by atomic mass is 32.1. The Balaban J connectivity index is 1.08. The van der Waals surface area contributed by atoms with Crippen LogP contribution in [0.25, 0.3) is 10.6 Å². The number of benzene rings is 2. The van der Waals surface area contributed by atoms with Crippen molar-refractivity contribution in [3.05, 3.63) is 89.1 Å². The molecule has 0 atom stereocenters. The van der Waals surface area contributed by atoms with Crippen molar-refractivity contribution >= 4 is 28.7 Å². The number of ether oxygens (including phenoxy) is 1. The van der Waals surface area contributed by atoms with E-state index < -0.39 is 5.60 Å². The van der Waals surface area contributed by atoms with E-state index in [1.165, 1.54) is 16.9 Å². The van der Waals surface area contributed by atoms with E-state index in [0.29, 0.717) is 43.9 Å². The number of piperidine rings is 1. The number of anilines is 2. The second-order valence-corrected chi connectivity index (χ2v) is 10.1. The second kappa shape index (κ2) is 9.37. The van der Waals surface area contributed by atoms with Crippen molar-refractivity contribution in [3.63, 3.8) is 0 Å². The fraction of sp³-hybridized carbons (Fsp3) is 0.250. The zero-order valence-electron chi connectivity index (χ0n) is 19.7. The van der Waals surface area contributed by atoms with Crippen LogP contribution >= 0.6 is 11.3 Å². The van der Waals surface area contributed by atoms with Gasteiger partial charge in [-0.1, -0.05) is 30.3 Å². The molecule has 2 aliphatic heterocycles. The Kier molecular flexibility index (Phi) is 5.91. The lowest BCUT2D eigenvalue weighted by molar-refractivity contribution is 0.0116. The Morgan fingerprint density at radius 1 is 1.08 bits per heavy atom. The van der Waals surface area contributed by atoms with Crippen LogP contribution in [0.5, 0.6) is 5.75 Å². The van der Waals surface area contributed by atoms with E-state index in [0.717, 1.165) is 34.1 Å². The molecule has 4 heterocycles. The van der Waals surface area contributed by atoms with Crippen LogP contribution in [0.3, 0.4) is 0 Å². The van der Waals surface area contributed by atoms with Gasteiger partial charge in [0.05, 0.1) is 24.1 Å². The van der Waals surface area contributed by atoms with Crippen LogP contribution in [0.1, 0.15) is 34.5 Å². The van der Waals surface area contributed by atoms with Gasteiger partial charge in [0.15, 0.2) is 0 Å². The summed E-state index contributed by atoms with van der Waals surface area (Å²) in [6, 6.07) is 19.6. The van der Waals surface area contributed by atoms with E-state index in [1.807, 2.05) is 54.6 Å². The molecule has 2 aromatic carbocycles. The Bertz CT molecular complexity index is 1380. The number of aliphatic hydroxyl groups is 1. The van der Waals surface area contributed by atoms with Crippen LogP contribution < -0.4 is 15.0 Å². The molecule has 0 unspecified atom stereocenters. The summed E-state index contributed by atoms with van der Waals surface area (Å²) < 4.78 is 5.57. The van der Waals surface area contributed by atoms with Crippen molar-refractivity contribution in [1.29, 1.82) is 0 Å². The minimum atomic E-state index is -0.800. The molecular weight excluding hydrogens is 472 g/mol. The van der Waals surface area contributed by atoms with Crippen LogP contribution in [0.4, 0.5) is 11.5 Å². The lowest BCUT2D eigenvalue weighted by Gasteiger charge is -2.39. The summed E-state index contributed by atoms with van der Waals surface area (Å²) in [6.45, 7) is 2.13. The van der Waals surface area contributed by atoms with Crippen molar-refractivity contribution in [2.45, 2.75) is 24.9 Å². The molecule has 1 saturated heterocycles. The van der Waals surface area contributed by atoms with Gasteiger partial charge in [-0.3, -0.25) is 4.79 Å². The van der Waals surface area contributed by atoms with E-state index >= 15 is 0 Å². The zero-order chi connectivity index (χ0) is 24.5. The van der Waals surface area contributed by atoms with Gasteiger partial charge in [-0.2, -0.15) is 0 Å². The summed E-state index contributed by atoms with van der Waals surface area (Å²) in [4.78, 5) is 24.1. The maximum Gasteiger partial charge on any atom is 0.275 e. The molecular formula is C28H26N4O3S. The van der Waals surface area contributed by atoms with Crippen molar-refractivity contribution in [1.82, 2.24) is 9.97 Å². The number of hydrogen-bond acceptors (Lipinski definition) is 7. The average molecular weight is 499 g/mol. The molecule has 2 aliphatic rings. The zero-order valence-corrected chi connectivity index (χ0v) is 20.5. The van der Waals surface area contributed by atoms with Crippen LogP contribution in [0.15, 0.2) is 72.2 Å². The van der Waals surface area contributed by atoms with Gasteiger partial charge in [-0.25, -0.2) is 9.97 Å². The Morgan fingerprint density at radius 3 is 2.69 bits per heavy atom. The first kappa shape index (κ1) is 22.7. The number of aromatic nitrogens is 2. The van der Waals surface area contributed by atoms with Gasteiger partial charge >= 0.3 is 0 Å². The summed E-state index contributed by atoms with van der Waals surface area (Å²) in [5, 5.41) is 16.5. The number of carbonyl (C=O) groups is 1. The molecule has 1 fully saturated rings. The van der Waals surface area contributed by atoms with E-state index in [9.17, 15) is 9.90 Å². The number of amides is 1. The SMILES string of the molecule is O=C(Nc1ccc(N2CCC(O)(c3ccccc3)CC2)nc1)c1csc(-c2ccc3c(c2)CCO3)n1. The highest BCUT2D eigenvalue weighted by molar-refractivity contribution is 7.13. The van der Waals surface area contributed by atoms with Gasteiger partial charge in [0.1, 0.15) is 22.3 Å². The number of fused-ring (bicyclic) bond motifs is 1. The molecule has 8 heteroatoms. The van der Waals surface area contributed by atoms with E-state index in [4.69, 9.17) is 4.74 Å². The topological polar surface area (TPSA) is 87.6 Å². The van der Waals surface area contributed by atoms with Gasteiger partial charge < -0.3 is 20.1 Å². The molecule has 0 aliphatic carbocycles. The van der Waals surface area contributed by atoms with Gasteiger partial charge in [-0.15, -0.1) is 11.3 Å². The Hall–Kier alpha value is -3.75. The van der Waals surface area contributed by atoms with Gasteiger partial charge in [0, 0.05) is 30.5 Å². The smallest absolute Gasteiger partial charge is 0.275 e. The maximum absolute atomic E-state index is 12.8. The Morgan fingerprint density at radius 2 is 1.92 bits per heavy atom. The summed E-state index contributed by atoms with van der Waals surface area (Å²) in [5.41, 5.74) is 3.34.